The molecule has 2 saturated carbocycles. The summed E-state index contributed by atoms with van der Waals surface area (Å²) in [7, 11) is 1.61. The average molecular weight is 507 g/mol. The van der Waals surface area contributed by atoms with E-state index >= 15 is 0 Å². The van der Waals surface area contributed by atoms with Gasteiger partial charge in [0.15, 0.2) is 5.60 Å². The van der Waals surface area contributed by atoms with Crippen molar-refractivity contribution in [2.75, 3.05) is 20.3 Å². The van der Waals surface area contributed by atoms with E-state index in [0.717, 1.165) is 12.0 Å². The number of Topliss-reactive ketones (excluding diaryl/α,β-unsaturated/α-hetero) is 1. The van der Waals surface area contributed by atoms with Crippen LogP contribution in [0.1, 0.15) is 80.6 Å². The van der Waals surface area contributed by atoms with Crippen LogP contribution in [0.2, 0.25) is 0 Å². The summed E-state index contributed by atoms with van der Waals surface area (Å²) in [6.07, 6.45) is 2.68. The van der Waals surface area contributed by atoms with Gasteiger partial charge >= 0.3 is 6.16 Å². The van der Waals surface area contributed by atoms with Crippen LogP contribution in [0.5, 0.6) is 0 Å². The second-order valence-corrected chi connectivity index (χ2v) is 11.3. The highest BCUT2D eigenvalue weighted by Crippen LogP contribution is 2.64. The van der Waals surface area contributed by atoms with E-state index in [4.69, 9.17) is 18.9 Å². The van der Waals surface area contributed by atoms with Gasteiger partial charge < -0.3 is 24.1 Å². The molecule has 0 aromatic rings. The number of carbonyl (C=O) groups is 2. The first-order valence-corrected chi connectivity index (χ1v) is 13.5. The van der Waals surface area contributed by atoms with Gasteiger partial charge in [-0.05, 0) is 46.5 Å². The van der Waals surface area contributed by atoms with Crippen molar-refractivity contribution in [2.45, 2.75) is 104 Å². The number of ether oxygens (including phenoxy) is 4. The van der Waals surface area contributed by atoms with Gasteiger partial charge in [0.2, 0.25) is 0 Å². The number of methoxy groups -OCH3 is 1. The first-order valence-electron chi connectivity index (χ1n) is 13.5. The Morgan fingerprint density at radius 2 is 1.94 bits per heavy atom. The predicted molar refractivity (Wildman–Crippen MR) is 138 cm³/mol. The van der Waals surface area contributed by atoms with E-state index in [2.05, 4.69) is 13.5 Å². The van der Waals surface area contributed by atoms with Crippen LogP contribution < -0.4 is 0 Å². The van der Waals surface area contributed by atoms with E-state index in [1.165, 1.54) is 5.57 Å². The predicted octanol–water partition coefficient (Wildman–Crippen LogP) is 5.40. The third-order valence-corrected chi connectivity index (χ3v) is 9.64. The molecule has 1 heterocycles. The minimum atomic E-state index is -1.09. The Morgan fingerprint density at radius 3 is 2.47 bits per heavy atom. The van der Waals surface area contributed by atoms with Gasteiger partial charge in [-0.15, -0.1) is 6.58 Å². The third kappa shape index (κ3) is 3.97. The molecule has 1 aliphatic heterocycles. The molecular weight excluding hydrogens is 460 g/mol. The van der Waals surface area contributed by atoms with Crippen LogP contribution in [0.25, 0.3) is 0 Å². The number of fused-ring (bicyclic) bond motifs is 5. The van der Waals surface area contributed by atoms with Crippen LogP contribution in [-0.2, 0) is 23.7 Å². The van der Waals surface area contributed by atoms with E-state index in [-0.39, 0.29) is 19.0 Å². The van der Waals surface area contributed by atoms with Crippen LogP contribution in [-0.4, -0.2) is 60.8 Å². The molecule has 4 rings (SSSR count). The number of rotatable bonds is 5. The zero-order chi connectivity index (χ0) is 27.1. The Kier molecular flexibility index (Phi) is 8.20. The molecule has 3 aliphatic carbocycles. The quantitative estimate of drug-likeness (QED) is 0.394. The fourth-order valence-corrected chi connectivity index (χ4v) is 7.61. The molecule has 0 radical (unpaired) electrons. The number of carbonyl (C=O) groups excluding carboxylic acids is 2. The van der Waals surface area contributed by atoms with Crippen molar-refractivity contribution in [1.82, 2.24) is 0 Å². The van der Waals surface area contributed by atoms with Gasteiger partial charge in [0.1, 0.15) is 11.9 Å². The smallest absolute Gasteiger partial charge is 0.435 e. The minimum Gasteiger partial charge on any atom is -0.435 e. The highest BCUT2D eigenvalue weighted by Gasteiger charge is 2.73. The molecule has 0 aromatic heterocycles. The van der Waals surface area contributed by atoms with Crippen LogP contribution >= 0.6 is 0 Å². The first-order chi connectivity index (χ1) is 16.9. The number of aliphatic hydroxyl groups is 1. The van der Waals surface area contributed by atoms with Gasteiger partial charge in [0.25, 0.3) is 0 Å². The van der Waals surface area contributed by atoms with Crippen molar-refractivity contribution in [1.29, 1.82) is 0 Å². The molecule has 7 heteroatoms. The molecule has 0 aromatic carbocycles. The summed E-state index contributed by atoms with van der Waals surface area (Å²) in [5, 5.41) is 12.3. The van der Waals surface area contributed by atoms with E-state index in [9.17, 15) is 14.7 Å². The number of allylic oxidation sites excluding steroid dienone is 2. The number of ketones is 1. The maximum Gasteiger partial charge on any atom is 0.509 e. The molecule has 3 fully saturated rings. The molecule has 0 spiro atoms. The lowest BCUT2D eigenvalue weighted by Gasteiger charge is -2.66. The van der Waals surface area contributed by atoms with E-state index in [1.54, 1.807) is 20.1 Å². The van der Waals surface area contributed by atoms with Gasteiger partial charge in [-0.2, -0.15) is 0 Å². The van der Waals surface area contributed by atoms with Crippen LogP contribution in [0.3, 0.4) is 0 Å². The lowest BCUT2D eigenvalue weighted by atomic mass is 9.44. The van der Waals surface area contributed by atoms with Gasteiger partial charge in [0.05, 0.1) is 30.3 Å². The van der Waals surface area contributed by atoms with Gasteiger partial charge in [-0.3, -0.25) is 4.79 Å². The molecule has 36 heavy (non-hydrogen) atoms. The summed E-state index contributed by atoms with van der Waals surface area (Å²) >= 11 is 0. The zero-order valence-electron chi connectivity index (χ0n) is 23.4. The summed E-state index contributed by atoms with van der Waals surface area (Å²) in [5.74, 6) is -0.860. The molecule has 0 amide bonds. The SMILES string of the molecule is C=CCC1C(=O)[C@@]2(C)C(C[C@]3(O)CCC(C)=C1C3(C)C)[C@]1(OC(=O)OCC)CO[C@@H]1C[C@@H]2OC.CC. The minimum absolute atomic E-state index is 0.0628. The Labute approximate surface area is 216 Å². The molecule has 1 N–H and O–H groups in total. The number of hydrogen-bond donors (Lipinski definition) is 1. The van der Waals surface area contributed by atoms with Gasteiger partial charge in [0, 0.05) is 30.8 Å². The average Bonchev–Trinajstić information content (AvgIpc) is 2.82. The summed E-state index contributed by atoms with van der Waals surface area (Å²) in [6.45, 7) is 18.1. The van der Waals surface area contributed by atoms with E-state index < -0.39 is 52.2 Å². The monoisotopic (exact) mass is 506 g/mol. The highest BCUT2D eigenvalue weighted by atomic mass is 16.8. The lowest BCUT2D eigenvalue weighted by molar-refractivity contribution is -0.326. The molecular formula is C29H46O7. The van der Waals surface area contributed by atoms with Crippen LogP contribution in [0.4, 0.5) is 4.79 Å². The van der Waals surface area contributed by atoms with E-state index in [1.807, 2.05) is 34.6 Å². The van der Waals surface area contributed by atoms with Crippen molar-refractivity contribution in [3.63, 3.8) is 0 Å². The van der Waals surface area contributed by atoms with Gasteiger partial charge in [-0.25, -0.2) is 4.79 Å². The lowest BCUT2D eigenvalue weighted by Crippen LogP contribution is -2.77. The molecule has 2 bridgehead atoms. The first kappa shape index (κ1) is 28.9. The Balaban J connectivity index is 0.00000176. The highest BCUT2D eigenvalue weighted by molar-refractivity contribution is 5.91. The van der Waals surface area contributed by atoms with Crippen molar-refractivity contribution in [2.24, 2.45) is 22.7 Å². The second kappa shape index (κ2) is 10.2. The fourth-order valence-electron chi connectivity index (χ4n) is 7.61. The number of hydrogen-bond acceptors (Lipinski definition) is 7. The summed E-state index contributed by atoms with van der Waals surface area (Å²) in [6, 6.07) is 0. The van der Waals surface area contributed by atoms with E-state index in [0.29, 0.717) is 25.7 Å². The molecule has 7 atom stereocenters. The van der Waals surface area contributed by atoms with Crippen molar-refractivity contribution < 1.29 is 33.6 Å². The summed E-state index contributed by atoms with van der Waals surface area (Å²) in [5.41, 5.74) is -1.58. The largest absolute Gasteiger partial charge is 0.509 e. The fraction of sp³-hybridized carbons (Fsp3) is 0.793. The standard InChI is InChI=1S/C27H40O7.C2H6/c1-8-10-17-21-16(3)11-12-26(30,24(21,4)5)14-18-25(6,22(17)28)19(31-7)13-20-27(18,15-33-20)34-23(29)32-9-2;1-2/h8,17-20,30H,1,9-15H2,2-7H3;1-2H3/t17?,18?,19-,20+,25-,26+,27+;/m0./s1. The molecule has 2 unspecified atom stereocenters. The summed E-state index contributed by atoms with van der Waals surface area (Å²) < 4.78 is 23.0. The topological polar surface area (TPSA) is 91.3 Å². The Bertz CT molecular complexity index is 907. The van der Waals surface area contributed by atoms with Crippen molar-refractivity contribution in [3.05, 3.63) is 23.8 Å². The molecule has 1 saturated heterocycles. The van der Waals surface area contributed by atoms with Crippen LogP contribution in [0.15, 0.2) is 23.8 Å². The molecule has 204 valence electrons. The maximum atomic E-state index is 14.6. The third-order valence-electron chi connectivity index (χ3n) is 9.64. The maximum absolute atomic E-state index is 14.6. The Hall–Kier alpha value is -1.70. The summed E-state index contributed by atoms with van der Waals surface area (Å²) in [4.78, 5) is 27.2. The van der Waals surface area contributed by atoms with Gasteiger partial charge in [-0.1, -0.05) is 44.9 Å². The second-order valence-electron chi connectivity index (χ2n) is 11.3. The van der Waals surface area contributed by atoms with Crippen molar-refractivity contribution in [3.8, 4) is 0 Å². The van der Waals surface area contributed by atoms with Crippen LogP contribution in [0, 0.1) is 22.7 Å². The normalized spacial score (nSPS) is 40.8. The zero-order valence-corrected chi connectivity index (χ0v) is 23.4. The molecule has 7 nitrogen and oxygen atoms in total. The molecule has 4 aliphatic rings. The Morgan fingerprint density at radius 1 is 1.28 bits per heavy atom. The van der Waals surface area contributed by atoms with Crippen molar-refractivity contribution >= 4 is 11.9 Å².